The Kier molecular flexibility index (Phi) is 4.46. The Labute approximate surface area is 122 Å². The smallest absolute Gasteiger partial charge is 0.142 e. The van der Waals surface area contributed by atoms with Gasteiger partial charge in [0.25, 0.3) is 0 Å². The van der Waals surface area contributed by atoms with Crippen LogP contribution in [0.4, 0.5) is 4.39 Å². The minimum absolute atomic E-state index is 0.126. The van der Waals surface area contributed by atoms with Gasteiger partial charge in [-0.05, 0) is 42.2 Å². The zero-order valence-corrected chi connectivity index (χ0v) is 12.0. The highest BCUT2D eigenvalue weighted by Crippen LogP contribution is 2.28. The van der Waals surface area contributed by atoms with Crippen LogP contribution in [0.15, 0.2) is 36.4 Å². The summed E-state index contributed by atoms with van der Waals surface area (Å²) in [4.78, 5) is 0. The molecule has 0 radical (unpaired) electrons. The van der Waals surface area contributed by atoms with Crippen molar-refractivity contribution in [3.8, 4) is 0 Å². The van der Waals surface area contributed by atoms with Crippen LogP contribution in [0.1, 0.15) is 22.7 Å². The van der Waals surface area contributed by atoms with Gasteiger partial charge in [-0.15, -0.1) is 0 Å². The van der Waals surface area contributed by atoms with E-state index in [1.807, 2.05) is 25.1 Å². The molecule has 0 aliphatic heterocycles. The van der Waals surface area contributed by atoms with Crippen LogP contribution in [0, 0.1) is 12.7 Å². The lowest BCUT2D eigenvalue weighted by molar-refractivity contribution is 0.622. The fraction of sp³-hybridized carbons (Fsp3) is 0.200. The van der Waals surface area contributed by atoms with E-state index in [0.29, 0.717) is 17.0 Å². The third-order valence-electron chi connectivity index (χ3n) is 3.03. The van der Waals surface area contributed by atoms with E-state index in [4.69, 9.17) is 28.9 Å². The molecule has 0 saturated carbocycles. The first-order valence-corrected chi connectivity index (χ1v) is 6.69. The van der Waals surface area contributed by atoms with Gasteiger partial charge in [-0.3, -0.25) is 0 Å². The molecular formula is C15H14Cl2FN. The Balaban J connectivity index is 2.25. The average molecular weight is 298 g/mol. The molecule has 2 aromatic carbocycles. The number of hydrogen-bond donors (Lipinski definition) is 1. The van der Waals surface area contributed by atoms with E-state index in [-0.39, 0.29) is 11.1 Å². The van der Waals surface area contributed by atoms with Crippen LogP contribution in [0.25, 0.3) is 0 Å². The summed E-state index contributed by atoms with van der Waals surface area (Å²) in [6, 6.07) is 10.1. The molecule has 0 bridgehead atoms. The maximum Gasteiger partial charge on any atom is 0.142 e. The van der Waals surface area contributed by atoms with E-state index in [2.05, 4.69) is 0 Å². The SMILES string of the molecule is Cc1ccc(C(N)Cc2cccc(F)c2Cl)c(Cl)c1. The van der Waals surface area contributed by atoms with Gasteiger partial charge in [0.2, 0.25) is 0 Å². The molecule has 2 rings (SSSR count). The van der Waals surface area contributed by atoms with E-state index in [1.54, 1.807) is 12.1 Å². The number of nitrogens with two attached hydrogens (primary N) is 1. The Hall–Kier alpha value is -1.09. The van der Waals surface area contributed by atoms with Crippen LogP contribution in [0.2, 0.25) is 10.0 Å². The van der Waals surface area contributed by atoms with Crippen molar-refractivity contribution in [3.63, 3.8) is 0 Å². The van der Waals surface area contributed by atoms with E-state index in [9.17, 15) is 4.39 Å². The van der Waals surface area contributed by atoms with Crippen molar-refractivity contribution in [2.45, 2.75) is 19.4 Å². The molecule has 0 aromatic heterocycles. The van der Waals surface area contributed by atoms with E-state index in [0.717, 1.165) is 11.1 Å². The Morgan fingerprint density at radius 2 is 1.95 bits per heavy atom. The summed E-state index contributed by atoms with van der Waals surface area (Å²) in [6.45, 7) is 1.96. The van der Waals surface area contributed by atoms with Gasteiger partial charge in [-0.1, -0.05) is 47.5 Å². The fourth-order valence-corrected chi connectivity index (χ4v) is 2.56. The number of halogens is 3. The Morgan fingerprint density at radius 3 is 2.63 bits per heavy atom. The van der Waals surface area contributed by atoms with Gasteiger partial charge in [-0.25, -0.2) is 4.39 Å². The third kappa shape index (κ3) is 3.27. The minimum Gasteiger partial charge on any atom is -0.324 e. The van der Waals surface area contributed by atoms with Gasteiger partial charge in [-0.2, -0.15) is 0 Å². The van der Waals surface area contributed by atoms with Crippen molar-refractivity contribution >= 4 is 23.2 Å². The molecule has 1 nitrogen and oxygen atoms in total. The Morgan fingerprint density at radius 1 is 1.21 bits per heavy atom. The molecule has 0 aliphatic carbocycles. The molecule has 4 heteroatoms. The van der Waals surface area contributed by atoms with Gasteiger partial charge >= 0.3 is 0 Å². The lowest BCUT2D eigenvalue weighted by Gasteiger charge is -2.15. The van der Waals surface area contributed by atoms with Crippen molar-refractivity contribution in [1.29, 1.82) is 0 Å². The first-order chi connectivity index (χ1) is 8.99. The highest BCUT2D eigenvalue weighted by Gasteiger charge is 2.14. The zero-order valence-electron chi connectivity index (χ0n) is 10.5. The lowest BCUT2D eigenvalue weighted by atomic mass is 9.98. The van der Waals surface area contributed by atoms with Crippen LogP contribution in [-0.4, -0.2) is 0 Å². The van der Waals surface area contributed by atoms with Crippen molar-refractivity contribution in [1.82, 2.24) is 0 Å². The summed E-state index contributed by atoms with van der Waals surface area (Å²) < 4.78 is 13.4. The van der Waals surface area contributed by atoms with Crippen LogP contribution in [0.5, 0.6) is 0 Å². The van der Waals surface area contributed by atoms with Crippen molar-refractivity contribution in [2.75, 3.05) is 0 Å². The molecule has 100 valence electrons. The molecule has 1 unspecified atom stereocenters. The van der Waals surface area contributed by atoms with Crippen LogP contribution >= 0.6 is 23.2 Å². The van der Waals surface area contributed by atoms with E-state index in [1.165, 1.54) is 6.07 Å². The molecule has 0 heterocycles. The third-order valence-corrected chi connectivity index (χ3v) is 3.78. The fourth-order valence-electron chi connectivity index (χ4n) is 1.99. The quantitative estimate of drug-likeness (QED) is 0.874. The monoisotopic (exact) mass is 297 g/mol. The second-order valence-electron chi connectivity index (χ2n) is 4.55. The largest absolute Gasteiger partial charge is 0.324 e. The maximum atomic E-state index is 13.4. The van der Waals surface area contributed by atoms with Crippen molar-refractivity contribution < 1.29 is 4.39 Å². The van der Waals surface area contributed by atoms with Gasteiger partial charge in [0.05, 0.1) is 5.02 Å². The highest BCUT2D eigenvalue weighted by molar-refractivity contribution is 6.32. The highest BCUT2D eigenvalue weighted by atomic mass is 35.5. The molecule has 2 N–H and O–H groups in total. The first kappa shape index (κ1) is 14.3. The molecule has 19 heavy (non-hydrogen) atoms. The molecule has 1 atom stereocenters. The second-order valence-corrected chi connectivity index (χ2v) is 5.33. The summed E-state index contributed by atoms with van der Waals surface area (Å²) >= 11 is 12.1. The molecule has 0 fully saturated rings. The maximum absolute atomic E-state index is 13.4. The van der Waals surface area contributed by atoms with Gasteiger partial charge < -0.3 is 5.73 Å². The standard InChI is InChI=1S/C15H14Cl2FN/c1-9-5-6-11(12(16)7-9)14(19)8-10-3-2-4-13(18)15(10)17/h2-7,14H,8,19H2,1H3. The molecule has 0 amide bonds. The molecular weight excluding hydrogens is 284 g/mol. The second kappa shape index (κ2) is 5.91. The number of benzene rings is 2. The molecule has 0 saturated heterocycles. The lowest BCUT2D eigenvalue weighted by Crippen LogP contribution is -2.14. The molecule has 2 aromatic rings. The van der Waals surface area contributed by atoms with Gasteiger partial charge in [0.1, 0.15) is 5.82 Å². The minimum atomic E-state index is -0.429. The normalized spacial score (nSPS) is 12.5. The summed E-state index contributed by atoms with van der Waals surface area (Å²) in [5.41, 5.74) is 8.73. The molecule has 0 spiro atoms. The van der Waals surface area contributed by atoms with E-state index >= 15 is 0 Å². The van der Waals surface area contributed by atoms with E-state index < -0.39 is 5.82 Å². The number of aryl methyl sites for hydroxylation is 1. The van der Waals surface area contributed by atoms with Crippen molar-refractivity contribution in [2.24, 2.45) is 5.73 Å². The summed E-state index contributed by atoms with van der Waals surface area (Å²) in [6.07, 6.45) is 0.444. The molecule has 0 aliphatic rings. The van der Waals surface area contributed by atoms with Crippen LogP contribution < -0.4 is 5.73 Å². The zero-order chi connectivity index (χ0) is 14.0. The summed E-state index contributed by atoms with van der Waals surface area (Å²) in [7, 11) is 0. The summed E-state index contributed by atoms with van der Waals surface area (Å²) in [5.74, 6) is -0.429. The van der Waals surface area contributed by atoms with Crippen molar-refractivity contribution in [3.05, 3.63) is 69.0 Å². The van der Waals surface area contributed by atoms with Gasteiger partial charge in [0, 0.05) is 11.1 Å². The van der Waals surface area contributed by atoms with Crippen LogP contribution in [0.3, 0.4) is 0 Å². The average Bonchev–Trinajstić information content (AvgIpc) is 2.34. The van der Waals surface area contributed by atoms with Gasteiger partial charge in [0.15, 0.2) is 0 Å². The van der Waals surface area contributed by atoms with Crippen LogP contribution in [-0.2, 0) is 6.42 Å². The first-order valence-electron chi connectivity index (χ1n) is 5.93. The summed E-state index contributed by atoms with van der Waals surface area (Å²) in [5, 5.41) is 0.751. The predicted octanol–water partition coefficient (Wildman–Crippen LogP) is 4.68. The topological polar surface area (TPSA) is 26.0 Å². The Bertz CT molecular complexity index is 599. The predicted molar refractivity (Wildman–Crippen MR) is 78.2 cm³/mol. The number of rotatable bonds is 3. The number of hydrogen-bond acceptors (Lipinski definition) is 1.